The molecule has 2 amide bonds. The number of hydrogen-bond acceptors (Lipinski definition) is 5. The summed E-state index contributed by atoms with van der Waals surface area (Å²) < 4.78 is 1.69. The van der Waals surface area contributed by atoms with Crippen LogP contribution in [0.5, 0.6) is 0 Å². The molecular formula is C20H18N6O2. The Hall–Kier alpha value is -3.73. The van der Waals surface area contributed by atoms with Gasteiger partial charge in [-0.15, -0.1) is 0 Å². The van der Waals surface area contributed by atoms with Gasteiger partial charge in [-0.1, -0.05) is 0 Å². The van der Waals surface area contributed by atoms with Crippen molar-refractivity contribution < 1.29 is 9.59 Å². The lowest BCUT2D eigenvalue weighted by molar-refractivity contribution is -0.118. The first kappa shape index (κ1) is 17.7. The second-order valence-corrected chi connectivity index (χ2v) is 6.87. The fourth-order valence-corrected chi connectivity index (χ4v) is 3.36. The molecule has 8 heteroatoms. The molecule has 0 N–H and O–H groups in total. The highest BCUT2D eigenvalue weighted by Crippen LogP contribution is 2.31. The molecule has 1 atom stereocenters. The van der Waals surface area contributed by atoms with E-state index in [-0.39, 0.29) is 11.8 Å². The highest BCUT2D eigenvalue weighted by molar-refractivity contribution is 6.02. The van der Waals surface area contributed by atoms with Gasteiger partial charge in [0.05, 0.1) is 28.5 Å². The molecule has 28 heavy (non-hydrogen) atoms. The Kier molecular flexibility index (Phi) is 4.28. The van der Waals surface area contributed by atoms with E-state index >= 15 is 0 Å². The largest absolute Gasteiger partial charge is 0.345 e. The van der Waals surface area contributed by atoms with Gasteiger partial charge in [0.2, 0.25) is 5.91 Å². The summed E-state index contributed by atoms with van der Waals surface area (Å²) >= 11 is 0. The lowest BCUT2D eigenvalue weighted by Gasteiger charge is -2.16. The van der Waals surface area contributed by atoms with Crippen LogP contribution < -0.4 is 4.90 Å². The Morgan fingerprint density at radius 2 is 2.14 bits per heavy atom. The van der Waals surface area contributed by atoms with E-state index in [0.29, 0.717) is 24.2 Å². The van der Waals surface area contributed by atoms with Crippen LogP contribution in [0.25, 0.3) is 16.8 Å². The van der Waals surface area contributed by atoms with Gasteiger partial charge in [0.1, 0.15) is 5.92 Å². The topological polar surface area (TPSA) is 94.6 Å². The SMILES string of the molecule is CN(C)C(=O)c1ccc(-c2cc3c(N4CCC(C#N)C4=O)ccnn3c2)nc1. The predicted octanol–water partition coefficient (Wildman–Crippen LogP) is 1.97. The summed E-state index contributed by atoms with van der Waals surface area (Å²) in [7, 11) is 3.39. The number of pyridine rings is 1. The summed E-state index contributed by atoms with van der Waals surface area (Å²) in [5.41, 5.74) is 3.53. The van der Waals surface area contributed by atoms with Crippen molar-refractivity contribution in [2.75, 3.05) is 25.5 Å². The maximum atomic E-state index is 12.4. The highest BCUT2D eigenvalue weighted by Gasteiger charge is 2.33. The predicted molar refractivity (Wildman–Crippen MR) is 103 cm³/mol. The molecule has 3 aromatic rings. The van der Waals surface area contributed by atoms with Crippen LogP contribution in [0.15, 0.2) is 42.9 Å². The number of amides is 2. The lowest BCUT2D eigenvalue weighted by atomic mass is 10.1. The summed E-state index contributed by atoms with van der Waals surface area (Å²) in [6.07, 6.45) is 5.54. The minimum atomic E-state index is -0.592. The minimum Gasteiger partial charge on any atom is -0.345 e. The zero-order chi connectivity index (χ0) is 19.8. The number of nitriles is 1. The van der Waals surface area contributed by atoms with Crippen LogP contribution in [0, 0.1) is 17.2 Å². The monoisotopic (exact) mass is 374 g/mol. The Bertz CT molecular complexity index is 1110. The van der Waals surface area contributed by atoms with E-state index in [1.165, 1.54) is 4.90 Å². The number of hydrogen-bond donors (Lipinski definition) is 0. The van der Waals surface area contributed by atoms with E-state index in [9.17, 15) is 9.59 Å². The third kappa shape index (κ3) is 2.87. The van der Waals surface area contributed by atoms with Gasteiger partial charge in [-0.2, -0.15) is 10.4 Å². The van der Waals surface area contributed by atoms with E-state index in [4.69, 9.17) is 5.26 Å². The number of fused-ring (bicyclic) bond motifs is 1. The molecule has 140 valence electrons. The van der Waals surface area contributed by atoms with Crippen LogP contribution in [-0.2, 0) is 4.79 Å². The van der Waals surface area contributed by atoms with Crippen LogP contribution in [0.3, 0.4) is 0 Å². The van der Waals surface area contributed by atoms with Gasteiger partial charge in [0.25, 0.3) is 5.91 Å². The fourth-order valence-electron chi connectivity index (χ4n) is 3.36. The van der Waals surface area contributed by atoms with Crippen molar-refractivity contribution in [3.8, 4) is 17.3 Å². The number of carbonyl (C=O) groups is 2. The molecule has 3 aromatic heterocycles. The summed E-state index contributed by atoms with van der Waals surface area (Å²) in [5, 5.41) is 13.4. The van der Waals surface area contributed by atoms with Gasteiger partial charge in [-0.25, -0.2) is 4.52 Å². The molecule has 1 aliphatic heterocycles. The third-order valence-corrected chi connectivity index (χ3v) is 4.85. The highest BCUT2D eigenvalue weighted by atomic mass is 16.2. The molecule has 1 aliphatic rings. The molecule has 0 bridgehead atoms. The minimum absolute atomic E-state index is 0.107. The molecule has 0 radical (unpaired) electrons. The average molecular weight is 374 g/mol. The zero-order valence-electron chi connectivity index (χ0n) is 15.5. The van der Waals surface area contributed by atoms with Crippen molar-refractivity contribution in [3.05, 3.63) is 48.4 Å². The second kappa shape index (κ2) is 6.78. The summed E-state index contributed by atoms with van der Waals surface area (Å²) in [5.74, 6) is -0.876. The van der Waals surface area contributed by atoms with Crippen LogP contribution in [0.1, 0.15) is 16.8 Å². The van der Waals surface area contributed by atoms with E-state index in [0.717, 1.165) is 16.8 Å². The molecule has 0 aromatic carbocycles. The molecule has 4 heterocycles. The van der Waals surface area contributed by atoms with Crippen molar-refractivity contribution >= 4 is 23.0 Å². The van der Waals surface area contributed by atoms with Crippen molar-refractivity contribution in [2.24, 2.45) is 5.92 Å². The zero-order valence-corrected chi connectivity index (χ0v) is 15.5. The van der Waals surface area contributed by atoms with Crippen LogP contribution >= 0.6 is 0 Å². The summed E-state index contributed by atoms with van der Waals surface area (Å²) in [6, 6.07) is 9.28. The Labute approximate surface area is 161 Å². The van der Waals surface area contributed by atoms with Gasteiger partial charge < -0.3 is 9.80 Å². The average Bonchev–Trinajstić information content (AvgIpc) is 3.30. The molecule has 0 saturated carbocycles. The Morgan fingerprint density at radius 3 is 2.79 bits per heavy atom. The Balaban J connectivity index is 1.70. The molecule has 8 nitrogen and oxygen atoms in total. The standard InChI is InChI=1S/C20H18N6O2/c1-24(2)19(27)14-3-4-16(22-11-14)15-9-18-17(5-7-23-26(18)12-15)25-8-6-13(10-21)20(25)28/h3-5,7,9,11-13H,6,8H2,1-2H3. The van der Waals surface area contributed by atoms with Crippen LogP contribution in [0.4, 0.5) is 5.69 Å². The molecule has 0 aliphatic carbocycles. The van der Waals surface area contributed by atoms with E-state index in [2.05, 4.69) is 16.2 Å². The summed E-state index contributed by atoms with van der Waals surface area (Å²) in [6.45, 7) is 0.511. The number of rotatable bonds is 3. The van der Waals surface area contributed by atoms with E-state index < -0.39 is 5.92 Å². The number of nitrogens with zero attached hydrogens (tertiary/aromatic N) is 6. The quantitative estimate of drug-likeness (QED) is 0.699. The van der Waals surface area contributed by atoms with Crippen molar-refractivity contribution in [1.29, 1.82) is 5.26 Å². The van der Waals surface area contributed by atoms with Gasteiger partial charge in [0, 0.05) is 44.8 Å². The molecule has 1 fully saturated rings. The smallest absolute Gasteiger partial charge is 0.254 e. The van der Waals surface area contributed by atoms with Gasteiger partial charge in [-0.05, 0) is 30.7 Å². The van der Waals surface area contributed by atoms with E-state index in [1.54, 1.807) is 54.1 Å². The molecule has 0 spiro atoms. The van der Waals surface area contributed by atoms with Crippen molar-refractivity contribution in [2.45, 2.75) is 6.42 Å². The molecule has 1 unspecified atom stereocenters. The van der Waals surface area contributed by atoms with E-state index in [1.807, 2.05) is 12.3 Å². The maximum Gasteiger partial charge on any atom is 0.254 e. The fraction of sp³-hybridized carbons (Fsp3) is 0.250. The number of aromatic nitrogens is 3. The Morgan fingerprint density at radius 1 is 1.32 bits per heavy atom. The van der Waals surface area contributed by atoms with Gasteiger partial charge >= 0.3 is 0 Å². The van der Waals surface area contributed by atoms with Crippen molar-refractivity contribution in [3.63, 3.8) is 0 Å². The van der Waals surface area contributed by atoms with Crippen molar-refractivity contribution in [1.82, 2.24) is 19.5 Å². The lowest BCUT2D eigenvalue weighted by Crippen LogP contribution is -2.27. The van der Waals surface area contributed by atoms with Gasteiger partial charge in [-0.3, -0.25) is 14.6 Å². The number of carbonyl (C=O) groups excluding carboxylic acids is 2. The maximum absolute atomic E-state index is 12.4. The molecular weight excluding hydrogens is 356 g/mol. The molecule has 1 saturated heterocycles. The third-order valence-electron chi connectivity index (χ3n) is 4.85. The summed E-state index contributed by atoms with van der Waals surface area (Å²) in [4.78, 5) is 32.0. The first-order chi connectivity index (χ1) is 13.5. The van der Waals surface area contributed by atoms with Crippen LogP contribution in [-0.4, -0.2) is 52.0 Å². The number of anilines is 1. The van der Waals surface area contributed by atoms with Crippen LogP contribution in [0.2, 0.25) is 0 Å². The van der Waals surface area contributed by atoms with Gasteiger partial charge in [0.15, 0.2) is 0 Å². The first-order valence-corrected chi connectivity index (χ1v) is 8.86. The normalized spacial score (nSPS) is 16.4. The second-order valence-electron chi connectivity index (χ2n) is 6.87. The molecule has 4 rings (SSSR count). The first-order valence-electron chi connectivity index (χ1n) is 8.86.